The fourth-order valence-electron chi connectivity index (χ4n) is 2.19. The molecular formula is C19H20ClN3O3. The fraction of sp³-hybridized carbons (Fsp3) is 0.211. The van der Waals surface area contributed by atoms with Crippen molar-refractivity contribution < 1.29 is 14.7 Å². The highest BCUT2D eigenvalue weighted by atomic mass is 35.5. The first kappa shape index (κ1) is 19.5. The Morgan fingerprint density at radius 3 is 2.35 bits per heavy atom. The quantitative estimate of drug-likeness (QED) is 0.510. The molecule has 26 heavy (non-hydrogen) atoms. The van der Waals surface area contributed by atoms with Crippen molar-refractivity contribution in [3.8, 4) is 5.75 Å². The van der Waals surface area contributed by atoms with Gasteiger partial charge in [0, 0.05) is 12.8 Å². The molecule has 0 aliphatic rings. The van der Waals surface area contributed by atoms with Crippen LogP contribution in [0.1, 0.15) is 31.7 Å². The van der Waals surface area contributed by atoms with Crippen LogP contribution in [0.15, 0.2) is 53.6 Å². The zero-order chi connectivity index (χ0) is 18.9. The Hall–Kier alpha value is -2.86. The maximum Gasteiger partial charge on any atom is 0.240 e. The topological polar surface area (TPSA) is 90.8 Å². The number of phenols is 1. The number of anilines is 1. The highest BCUT2D eigenvalue weighted by molar-refractivity contribution is 6.33. The van der Waals surface area contributed by atoms with E-state index in [-0.39, 0.29) is 30.4 Å². The van der Waals surface area contributed by atoms with Crippen LogP contribution in [0, 0.1) is 0 Å². The van der Waals surface area contributed by atoms with E-state index >= 15 is 0 Å². The van der Waals surface area contributed by atoms with E-state index in [0.29, 0.717) is 22.8 Å². The first-order valence-electron chi connectivity index (χ1n) is 8.18. The SMILES string of the molecule is CCC(=NNC(=O)CCC(=O)Nc1ccccc1Cl)c1ccc(O)cc1. The maximum absolute atomic E-state index is 11.9. The highest BCUT2D eigenvalue weighted by Gasteiger charge is 2.09. The predicted molar refractivity (Wildman–Crippen MR) is 102 cm³/mol. The summed E-state index contributed by atoms with van der Waals surface area (Å²) in [6.07, 6.45) is 0.637. The number of benzene rings is 2. The van der Waals surface area contributed by atoms with Gasteiger partial charge in [0.2, 0.25) is 11.8 Å². The van der Waals surface area contributed by atoms with Crippen LogP contribution in [0.5, 0.6) is 5.75 Å². The smallest absolute Gasteiger partial charge is 0.240 e. The van der Waals surface area contributed by atoms with Gasteiger partial charge in [-0.05, 0) is 48.4 Å². The molecule has 7 heteroatoms. The fourth-order valence-corrected chi connectivity index (χ4v) is 2.37. The molecule has 0 heterocycles. The first-order chi connectivity index (χ1) is 12.5. The minimum absolute atomic E-state index is 0.00631. The third kappa shape index (κ3) is 5.89. The molecule has 0 bridgehead atoms. The number of carbonyl (C=O) groups is 2. The normalized spacial score (nSPS) is 11.1. The van der Waals surface area contributed by atoms with Crippen LogP contribution in [0.2, 0.25) is 5.02 Å². The number of hydrogen-bond acceptors (Lipinski definition) is 4. The summed E-state index contributed by atoms with van der Waals surface area (Å²) in [7, 11) is 0. The Bertz CT molecular complexity index is 804. The number of halogens is 1. The lowest BCUT2D eigenvalue weighted by Gasteiger charge is -2.07. The average Bonchev–Trinajstić information content (AvgIpc) is 2.64. The summed E-state index contributed by atoms with van der Waals surface area (Å²) in [4.78, 5) is 23.8. The molecule has 0 saturated heterocycles. The zero-order valence-corrected chi connectivity index (χ0v) is 15.1. The number of amides is 2. The molecule has 2 rings (SSSR count). The number of nitrogens with one attached hydrogen (secondary N) is 2. The van der Waals surface area contributed by atoms with Crippen molar-refractivity contribution in [1.82, 2.24) is 5.43 Å². The Labute approximate surface area is 156 Å². The summed E-state index contributed by atoms with van der Waals surface area (Å²) in [5.74, 6) is -0.492. The minimum atomic E-state index is -0.357. The van der Waals surface area contributed by atoms with Gasteiger partial charge in [0.15, 0.2) is 0 Å². The summed E-state index contributed by atoms with van der Waals surface area (Å²) in [5.41, 5.74) is 4.46. The van der Waals surface area contributed by atoms with Crippen LogP contribution < -0.4 is 10.7 Å². The lowest BCUT2D eigenvalue weighted by molar-refractivity contribution is -0.124. The summed E-state index contributed by atoms with van der Waals surface area (Å²) in [5, 5.41) is 16.5. The summed E-state index contributed by atoms with van der Waals surface area (Å²) in [6, 6.07) is 13.5. The van der Waals surface area contributed by atoms with E-state index in [1.165, 1.54) is 0 Å². The minimum Gasteiger partial charge on any atom is -0.508 e. The van der Waals surface area contributed by atoms with Crippen LogP contribution in [0.25, 0.3) is 0 Å². The summed E-state index contributed by atoms with van der Waals surface area (Å²) in [6.45, 7) is 1.91. The second kappa shape index (κ2) is 9.58. The van der Waals surface area contributed by atoms with Gasteiger partial charge in [-0.2, -0.15) is 5.10 Å². The van der Waals surface area contributed by atoms with Gasteiger partial charge in [-0.15, -0.1) is 0 Å². The van der Waals surface area contributed by atoms with Gasteiger partial charge in [0.05, 0.1) is 16.4 Å². The predicted octanol–water partition coefficient (Wildman–Crippen LogP) is 3.69. The summed E-state index contributed by atoms with van der Waals surface area (Å²) >= 11 is 5.97. The van der Waals surface area contributed by atoms with Crippen molar-refractivity contribution in [2.24, 2.45) is 5.10 Å². The highest BCUT2D eigenvalue weighted by Crippen LogP contribution is 2.20. The van der Waals surface area contributed by atoms with Gasteiger partial charge in [0.25, 0.3) is 0 Å². The first-order valence-corrected chi connectivity index (χ1v) is 8.56. The molecule has 2 aromatic rings. The van der Waals surface area contributed by atoms with E-state index < -0.39 is 0 Å². The van der Waals surface area contributed by atoms with E-state index in [1.54, 1.807) is 48.5 Å². The molecule has 0 spiro atoms. The second-order valence-electron chi connectivity index (χ2n) is 5.52. The third-order valence-electron chi connectivity index (χ3n) is 3.58. The van der Waals surface area contributed by atoms with Crippen LogP contribution >= 0.6 is 11.6 Å². The van der Waals surface area contributed by atoms with Crippen molar-refractivity contribution in [3.63, 3.8) is 0 Å². The van der Waals surface area contributed by atoms with Crippen LogP contribution in [0.4, 0.5) is 5.69 Å². The van der Waals surface area contributed by atoms with Crippen molar-refractivity contribution in [2.75, 3.05) is 5.32 Å². The molecule has 0 aliphatic carbocycles. The molecule has 0 unspecified atom stereocenters. The molecule has 136 valence electrons. The Morgan fingerprint density at radius 1 is 1.04 bits per heavy atom. The number of nitrogens with zero attached hydrogens (tertiary/aromatic N) is 1. The van der Waals surface area contributed by atoms with Gasteiger partial charge in [0.1, 0.15) is 5.75 Å². The molecule has 2 amide bonds. The summed E-state index contributed by atoms with van der Waals surface area (Å²) < 4.78 is 0. The third-order valence-corrected chi connectivity index (χ3v) is 3.91. The average molecular weight is 374 g/mol. The number of rotatable bonds is 7. The number of carbonyl (C=O) groups excluding carboxylic acids is 2. The number of hydrazone groups is 1. The Kier molecular flexibility index (Phi) is 7.17. The van der Waals surface area contributed by atoms with Crippen molar-refractivity contribution >= 4 is 34.8 Å². The molecule has 3 N–H and O–H groups in total. The van der Waals surface area contributed by atoms with Crippen molar-refractivity contribution in [2.45, 2.75) is 26.2 Å². The van der Waals surface area contributed by atoms with Gasteiger partial charge >= 0.3 is 0 Å². The maximum atomic E-state index is 11.9. The number of para-hydroxylation sites is 1. The van der Waals surface area contributed by atoms with Gasteiger partial charge < -0.3 is 10.4 Å². The molecule has 2 aromatic carbocycles. The van der Waals surface area contributed by atoms with Crippen LogP contribution in [-0.2, 0) is 9.59 Å². The zero-order valence-electron chi connectivity index (χ0n) is 14.3. The molecule has 0 saturated carbocycles. The van der Waals surface area contributed by atoms with Gasteiger partial charge in [-0.1, -0.05) is 30.7 Å². The van der Waals surface area contributed by atoms with Gasteiger partial charge in [-0.3, -0.25) is 9.59 Å². The van der Waals surface area contributed by atoms with Crippen LogP contribution in [-0.4, -0.2) is 22.6 Å². The number of phenolic OH excluding ortho intramolecular Hbond substituents is 1. The van der Waals surface area contributed by atoms with Crippen molar-refractivity contribution in [1.29, 1.82) is 0 Å². The molecule has 0 atom stereocenters. The lowest BCUT2D eigenvalue weighted by Crippen LogP contribution is -2.22. The Morgan fingerprint density at radius 2 is 1.69 bits per heavy atom. The van der Waals surface area contributed by atoms with E-state index in [4.69, 9.17) is 11.6 Å². The lowest BCUT2D eigenvalue weighted by atomic mass is 10.1. The van der Waals surface area contributed by atoms with E-state index in [2.05, 4.69) is 15.8 Å². The number of aromatic hydroxyl groups is 1. The van der Waals surface area contributed by atoms with E-state index in [0.717, 1.165) is 5.56 Å². The largest absolute Gasteiger partial charge is 0.508 e. The molecule has 0 radical (unpaired) electrons. The van der Waals surface area contributed by atoms with E-state index in [1.807, 2.05) is 6.92 Å². The molecule has 0 fully saturated rings. The van der Waals surface area contributed by atoms with Crippen LogP contribution in [0.3, 0.4) is 0 Å². The van der Waals surface area contributed by atoms with Crippen molar-refractivity contribution in [3.05, 3.63) is 59.1 Å². The number of hydrogen-bond donors (Lipinski definition) is 3. The Balaban J connectivity index is 1.84. The standard InChI is InChI=1S/C19H20ClN3O3/c1-2-16(13-7-9-14(24)10-8-13)22-23-19(26)12-11-18(25)21-17-6-4-3-5-15(17)20/h3-10,24H,2,11-12H2,1H3,(H,21,25)(H,23,26). The molecular weight excluding hydrogens is 354 g/mol. The second-order valence-corrected chi connectivity index (χ2v) is 5.93. The monoisotopic (exact) mass is 373 g/mol. The molecule has 0 aromatic heterocycles. The van der Waals surface area contributed by atoms with Gasteiger partial charge in [-0.25, -0.2) is 5.43 Å². The van der Waals surface area contributed by atoms with E-state index in [9.17, 15) is 14.7 Å². The molecule has 6 nitrogen and oxygen atoms in total. The molecule has 0 aliphatic heterocycles.